The fourth-order valence-electron chi connectivity index (χ4n) is 4.94. The number of rotatable bonds is 4. The molecule has 0 atom stereocenters. The Hall–Kier alpha value is -0.250. The summed E-state index contributed by atoms with van der Waals surface area (Å²) >= 11 is 3.30. The molecular formula is C22H43BrN2O5. The van der Waals surface area contributed by atoms with Gasteiger partial charge in [-0.05, 0) is 74.7 Å². The highest BCUT2D eigenvalue weighted by atomic mass is 79.9. The summed E-state index contributed by atoms with van der Waals surface area (Å²) < 4.78 is 5.52. The highest BCUT2D eigenvalue weighted by Crippen LogP contribution is 2.38. The van der Waals surface area contributed by atoms with Gasteiger partial charge in [0.05, 0.1) is 6.10 Å². The number of nitrogens with zero attached hydrogens (tertiary/aromatic N) is 2. The summed E-state index contributed by atoms with van der Waals surface area (Å²) in [5, 5.41) is 33.1. The summed E-state index contributed by atoms with van der Waals surface area (Å²) in [4.78, 5) is 11.7. The van der Waals surface area contributed by atoms with Crippen LogP contribution in [0.4, 0.5) is 0 Å². The van der Waals surface area contributed by atoms with Gasteiger partial charge in [0.2, 0.25) is 0 Å². The first-order chi connectivity index (χ1) is 13.4. The van der Waals surface area contributed by atoms with Gasteiger partial charge in [-0.25, -0.2) is 0 Å². The van der Waals surface area contributed by atoms with E-state index >= 15 is 0 Å². The molecule has 3 N–H and O–H groups in total. The van der Waals surface area contributed by atoms with Crippen molar-refractivity contribution in [2.45, 2.75) is 128 Å². The lowest BCUT2D eigenvalue weighted by molar-refractivity contribution is -0.259. The van der Waals surface area contributed by atoms with Crippen molar-refractivity contribution in [2.24, 2.45) is 0 Å². The number of esters is 1. The molecule has 0 spiro atoms. The van der Waals surface area contributed by atoms with Crippen LogP contribution in [0, 0.1) is 0 Å². The van der Waals surface area contributed by atoms with E-state index in [9.17, 15) is 20.3 Å². The fraction of sp³-hybridized carbons (Fsp3) is 0.955. The van der Waals surface area contributed by atoms with Crippen LogP contribution in [0.15, 0.2) is 0 Å². The third-order valence-electron chi connectivity index (χ3n) is 6.03. The first-order valence-corrected chi connectivity index (χ1v) is 12.0. The molecule has 0 aromatic carbocycles. The molecule has 0 unspecified atom stereocenters. The van der Waals surface area contributed by atoms with Crippen LogP contribution in [0.2, 0.25) is 0 Å². The van der Waals surface area contributed by atoms with Gasteiger partial charge in [0, 0.05) is 46.7 Å². The summed E-state index contributed by atoms with van der Waals surface area (Å²) in [7, 11) is 0. The van der Waals surface area contributed by atoms with Gasteiger partial charge in [-0.3, -0.25) is 4.79 Å². The van der Waals surface area contributed by atoms with Gasteiger partial charge in [-0.1, -0.05) is 15.9 Å². The Morgan fingerprint density at radius 3 is 1.60 bits per heavy atom. The number of hydrogen-bond acceptors (Lipinski definition) is 7. The Labute approximate surface area is 190 Å². The summed E-state index contributed by atoms with van der Waals surface area (Å²) in [6.45, 7) is 15.6. The standard InChI is InChI=1S/C13H24BrNO3.C9H19NO2/c1-12(2)8-10(9-13(3,4)15(12)17)18-11(16)6-5-7-14;1-8(2)5-7(11)6-9(3,4)10(8)12/h10,17H,5-9H2,1-4H3;7,11-12H,5-6H2,1-4H3. The second-order valence-electron chi connectivity index (χ2n) is 11.2. The Morgan fingerprint density at radius 2 is 1.23 bits per heavy atom. The predicted molar refractivity (Wildman–Crippen MR) is 121 cm³/mol. The molecule has 0 aromatic rings. The number of hydroxylamine groups is 4. The second kappa shape index (κ2) is 10.1. The van der Waals surface area contributed by atoms with Crippen LogP contribution in [-0.2, 0) is 9.53 Å². The highest BCUT2D eigenvalue weighted by Gasteiger charge is 2.46. The smallest absolute Gasteiger partial charge is 0.306 e. The van der Waals surface area contributed by atoms with Crippen LogP contribution in [0.5, 0.6) is 0 Å². The van der Waals surface area contributed by atoms with Crippen molar-refractivity contribution < 1.29 is 25.1 Å². The van der Waals surface area contributed by atoms with Crippen LogP contribution in [0.25, 0.3) is 0 Å². The van der Waals surface area contributed by atoms with E-state index in [1.165, 1.54) is 10.1 Å². The Kier molecular flexibility index (Phi) is 9.38. The monoisotopic (exact) mass is 494 g/mol. The van der Waals surface area contributed by atoms with Crippen molar-refractivity contribution >= 4 is 21.9 Å². The fourth-order valence-corrected chi connectivity index (χ4v) is 5.22. The molecule has 2 aliphatic heterocycles. The number of aliphatic hydroxyl groups excluding tert-OH is 1. The molecule has 0 amide bonds. The molecule has 2 aliphatic rings. The van der Waals surface area contributed by atoms with Crippen LogP contribution in [0.3, 0.4) is 0 Å². The summed E-state index contributed by atoms with van der Waals surface area (Å²) in [5.74, 6) is -0.141. The van der Waals surface area contributed by atoms with Crippen LogP contribution >= 0.6 is 15.9 Å². The molecule has 7 nitrogen and oxygen atoms in total. The lowest BCUT2D eigenvalue weighted by Gasteiger charge is -2.50. The molecule has 2 fully saturated rings. The largest absolute Gasteiger partial charge is 0.462 e. The molecule has 2 heterocycles. The zero-order valence-corrected chi connectivity index (χ0v) is 21.6. The minimum Gasteiger partial charge on any atom is -0.462 e. The topological polar surface area (TPSA) is 93.5 Å². The molecule has 178 valence electrons. The van der Waals surface area contributed by atoms with Crippen molar-refractivity contribution in [2.75, 3.05) is 5.33 Å². The zero-order chi connectivity index (χ0) is 23.5. The Bertz CT molecular complexity index is 544. The van der Waals surface area contributed by atoms with Gasteiger partial charge in [0.25, 0.3) is 0 Å². The van der Waals surface area contributed by atoms with Gasteiger partial charge in [-0.15, -0.1) is 0 Å². The molecule has 0 aromatic heterocycles. The van der Waals surface area contributed by atoms with Crippen molar-refractivity contribution in [3.63, 3.8) is 0 Å². The van der Waals surface area contributed by atoms with E-state index in [1.807, 2.05) is 55.4 Å². The second-order valence-corrected chi connectivity index (χ2v) is 12.0. The molecule has 0 saturated carbocycles. The molecule has 0 radical (unpaired) electrons. The minimum absolute atomic E-state index is 0.110. The van der Waals surface area contributed by atoms with Gasteiger partial charge in [0.15, 0.2) is 0 Å². The SMILES string of the molecule is CC1(C)CC(O)CC(C)(C)N1O.CC1(C)CC(OC(=O)CCCBr)CC(C)(C)N1O. The van der Waals surface area contributed by atoms with Crippen LogP contribution < -0.4 is 0 Å². The lowest BCUT2D eigenvalue weighted by Crippen LogP contribution is -2.60. The number of aliphatic hydroxyl groups is 1. The van der Waals surface area contributed by atoms with Gasteiger partial charge < -0.3 is 20.3 Å². The van der Waals surface area contributed by atoms with E-state index in [2.05, 4.69) is 15.9 Å². The molecular weight excluding hydrogens is 452 g/mol. The zero-order valence-electron chi connectivity index (χ0n) is 20.0. The molecule has 0 aliphatic carbocycles. The van der Waals surface area contributed by atoms with Gasteiger partial charge >= 0.3 is 5.97 Å². The maximum atomic E-state index is 11.7. The third-order valence-corrected chi connectivity index (χ3v) is 6.59. The molecule has 0 bridgehead atoms. The number of alkyl halides is 1. The van der Waals surface area contributed by atoms with Crippen molar-refractivity contribution in [1.82, 2.24) is 10.1 Å². The highest BCUT2D eigenvalue weighted by molar-refractivity contribution is 9.09. The first-order valence-electron chi connectivity index (χ1n) is 10.9. The van der Waals surface area contributed by atoms with E-state index in [0.717, 1.165) is 11.8 Å². The number of carbonyl (C=O) groups is 1. The number of carbonyl (C=O) groups excluding carboxylic acids is 1. The van der Waals surface area contributed by atoms with Crippen LogP contribution in [-0.4, -0.2) is 71.3 Å². The summed E-state index contributed by atoms with van der Waals surface area (Å²) in [5.41, 5.74) is -1.38. The van der Waals surface area contributed by atoms with Crippen molar-refractivity contribution in [3.05, 3.63) is 0 Å². The summed E-state index contributed by atoms with van der Waals surface area (Å²) in [6.07, 6.45) is 3.43. The predicted octanol–water partition coefficient (Wildman–Crippen LogP) is 4.51. The molecule has 30 heavy (non-hydrogen) atoms. The Balaban J connectivity index is 0.000000325. The Morgan fingerprint density at radius 1 is 0.867 bits per heavy atom. The van der Waals surface area contributed by atoms with Gasteiger partial charge in [0.1, 0.15) is 6.10 Å². The number of ether oxygens (including phenoxy) is 1. The third kappa shape index (κ3) is 7.41. The average molecular weight is 495 g/mol. The number of halogens is 1. The van der Waals surface area contributed by atoms with Gasteiger partial charge in [-0.2, -0.15) is 10.1 Å². The van der Waals surface area contributed by atoms with E-state index < -0.39 is 0 Å². The normalized spacial score (nSPS) is 26.5. The molecule has 8 heteroatoms. The maximum absolute atomic E-state index is 11.7. The van der Waals surface area contributed by atoms with E-state index in [0.29, 0.717) is 32.1 Å². The van der Waals surface area contributed by atoms with Crippen LogP contribution in [0.1, 0.15) is 93.9 Å². The minimum atomic E-state index is -0.373. The van der Waals surface area contributed by atoms with Crippen molar-refractivity contribution in [3.8, 4) is 0 Å². The summed E-state index contributed by atoms with van der Waals surface area (Å²) in [6, 6.07) is 0. The lowest BCUT2D eigenvalue weighted by atomic mass is 9.80. The van der Waals surface area contributed by atoms with E-state index in [4.69, 9.17) is 4.74 Å². The number of hydrogen-bond donors (Lipinski definition) is 3. The van der Waals surface area contributed by atoms with Crippen molar-refractivity contribution in [1.29, 1.82) is 0 Å². The molecule has 2 saturated heterocycles. The maximum Gasteiger partial charge on any atom is 0.306 e. The first kappa shape index (κ1) is 27.8. The quantitative estimate of drug-likeness (QED) is 0.391. The number of piperidine rings is 2. The molecule has 2 rings (SSSR count). The van der Waals surface area contributed by atoms with E-state index in [1.54, 1.807) is 0 Å². The van der Waals surface area contributed by atoms with E-state index in [-0.39, 0.29) is 40.3 Å². The average Bonchev–Trinajstić information content (AvgIpc) is 2.55.